The molecule has 2 aliphatic heterocycles. The molecule has 4 aromatic rings. The summed E-state index contributed by atoms with van der Waals surface area (Å²) in [6.45, 7) is 0. The van der Waals surface area contributed by atoms with E-state index >= 15 is 0 Å². The summed E-state index contributed by atoms with van der Waals surface area (Å²) in [6.07, 6.45) is 11.3. The first-order valence-electron chi connectivity index (χ1n) is 14.3. The number of carbonyl (C=O) groups is 2. The van der Waals surface area contributed by atoms with Crippen molar-refractivity contribution in [3.8, 4) is 11.1 Å². The largest absolute Gasteiger partial charge is 0.457 e. The number of carbonyl (C=O) groups excluding carboxylic acids is 2. The number of Topliss-reactive ketones (excluding diaryl/α,β-unsaturated/α-hetero) is 2. The lowest BCUT2D eigenvalue weighted by Gasteiger charge is -2.32. The minimum absolute atomic E-state index is 0.101. The number of allylic oxidation sites excluding steroid dienone is 8. The van der Waals surface area contributed by atoms with Gasteiger partial charge in [-0.05, 0) is 45.5 Å². The van der Waals surface area contributed by atoms with Gasteiger partial charge in [-0.2, -0.15) is 0 Å². The van der Waals surface area contributed by atoms with Crippen LogP contribution >= 0.6 is 0 Å². The molecule has 214 valence electrons. The summed E-state index contributed by atoms with van der Waals surface area (Å²) in [5.41, 5.74) is 6.14. The lowest BCUT2D eigenvalue weighted by molar-refractivity contribution is 0.0961. The Morgan fingerprint density at radius 1 is 0.455 bits per heavy atom. The maximum atomic E-state index is 13.8. The summed E-state index contributed by atoms with van der Waals surface area (Å²) in [5, 5.41) is 0. The molecule has 0 fully saturated rings. The van der Waals surface area contributed by atoms with Crippen LogP contribution in [0.25, 0.3) is 22.3 Å². The molecule has 6 heteroatoms. The fraction of sp³-hybridized carbons (Fsp3) is 0.0526. The normalized spacial score (nSPS) is 20.8. The third-order valence-electron chi connectivity index (χ3n) is 8.59. The van der Waals surface area contributed by atoms with Gasteiger partial charge >= 0.3 is 0 Å². The van der Waals surface area contributed by atoms with E-state index in [1.54, 1.807) is 24.3 Å². The zero-order chi connectivity index (χ0) is 29.9. The predicted molar refractivity (Wildman–Crippen MR) is 177 cm³/mol. The topological polar surface area (TPSA) is 68.3 Å². The Hall–Kier alpha value is -4.78. The minimum atomic E-state index is -1.47. The highest BCUT2D eigenvalue weighted by molar-refractivity contribution is 7.86. The second-order valence-electron chi connectivity index (χ2n) is 11.1. The molecule has 0 amide bonds. The van der Waals surface area contributed by atoms with Crippen molar-refractivity contribution in [2.45, 2.75) is 9.79 Å². The molecular formula is C38H24O4S2-2. The van der Waals surface area contributed by atoms with Crippen molar-refractivity contribution in [3.05, 3.63) is 156 Å². The van der Waals surface area contributed by atoms with Crippen molar-refractivity contribution in [1.29, 1.82) is 0 Å². The summed E-state index contributed by atoms with van der Waals surface area (Å²) in [7, 11) is -2.94. The smallest absolute Gasteiger partial charge is 0.170 e. The quantitative estimate of drug-likeness (QED) is 0.181. The molecule has 0 saturated heterocycles. The van der Waals surface area contributed by atoms with E-state index in [4.69, 9.17) is 0 Å². The molecule has 2 unspecified atom stereocenters. The molecule has 0 bridgehead atoms. The number of fused-ring (bicyclic) bond motifs is 4. The van der Waals surface area contributed by atoms with Gasteiger partial charge in [0, 0.05) is 23.0 Å². The van der Waals surface area contributed by atoms with Crippen molar-refractivity contribution in [3.63, 3.8) is 0 Å². The molecule has 0 N–H and O–H groups in total. The van der Waals surface area contributed by atoms with Crippen LogP contribution in [0.2, 0.25) is 0 Å². The molecule has 0 aromatic heterocycles. The molecule has 2 heterocycles. The minimum Gasteiger partial charge on any atom is -0.457 e. The van der Waals surface area contributed by atoms with E-state index in [0.717, 1.165) is 33.4 Å². The van der Waals surface area contributed by atoms with Crippen LogP contribution in [0.3, 0.4) is 0 Å². The number of rotatable bonds is 3. The van der Waals surface area contributed by atoms with E-state index in [0.29, 0.717) is 30.6 Å². The molecule has 2 aliphatic carbocycles. The summed E-state index contributed by atoms with van der Waals surface area (Å²) in [5.74, 6) is -1.41. The average Bonchev–Trinajstić information content (AvgIpc) is 3.09. The van der Waals surface area contributed by atoms with E-state index in [9.17, 15) is 18.0 Å². The van der Waals surface area contributed by atoms with Gasteiger partial charge in [-0.3, -0.25) is 9.59 Å². The van der Waals surface area contributed by atoms with Gasteiger partial charge in [0.2, 0.25) is 0 Å². The molecule has 0 saturated carbocycles. The van der Waals surface area contributed by atoms with Crippen molar-refractivity contribution >= 4 is 53.2 Å². The highest BCUT2D eigenvalue weighted by Crippen LogP contribution is 2.36. The van der Waals surface area contributed by atoms with Crippen molar-refractivity contribution in [1.82, 2.24) is 0 Å². The third kappa shape index (κ3) is 4.25. The molecule has 0 spiro atoms. The first kappa shape index (κ1) is 26.8. The van der Waals surface area contributed by atoms with E-state index in [-0.39, 0.29) is 11.6 Å². The number of benzene rings is 4. The van der Waals surface area contributed by atoms with Gasteiger partial charge in [0.15, 0.2) is 11.6 Å². The maximum absolute atomic E-state index is 13.8. The third-order valence-corrected chi connectivity index (χ3v) is 11.7. The Kier molecular flexibility index (Phi) is 6.36. The first-order chi connectivity index (χ1) is 21.5. The Morgan fingerprint density at radius 2 is 0.864 bits per heavy atom. The van der Waals surface area contributed by atoms with Gasteiger partial charge in [0.05, 0.1) is 0 Å². The van der Waals surface area contributed by atoms with E-state index in [1.807, 2.05) is 109 Å². The molecular weight excluding hydrogens is 585 g/mol. The van der Waals surface area contributed by atoms with E-state index in [1.165, 1.54) is 0 Å². The lowest BCUT2D eigenvalue weighted by Crippen LogP contribution is -2.30. The Morgan fingerprint density at radius 3 is 1.27 bits per heavy atom. The number of hydrogen-bond donors (Lipinski definition) is 0. The molecule has 4 aromatic carbocycles. The first-order valence-corrected chi connectivity index (χ1v) is 16.6. The molecule has 2 atom stereocenters. The van der Waals surface area contributed by atoms with Crippen LogP contribution < -0.4 is 0 Å². The van der Waals surface area contributed by atoms with E-state index < -0.39 is 32.6 Å². The standard InChI is InChI=1S/C38H24O4S2/c39-37-29-19-25(23-7-3-1-4-8-23)11-15-33(29)43(41)35-17-13-27(21-31(35)37)28-14-18-36-32(22-28)38(40)30-20-26(12-16-34(30)44(36)42)24-9-5-2-6-10-24/h1-22,29-30H/q-2. The monoisotopic (exact) mass is 608 g/mol. The highest BCUT2D eigenvalue weighted by Gasteiger charge is 2.29. The van der Waals surface area contributed by atoms with Gasteiger partial charge in [0.25, 0.3) is 0 Å². The van der Waals surface area contributed by atoms with E-state index in [2.05, 4.69) is 0 Å². The van der Waals surface area contributed by atoms with Crippen LogP contribution in [0.1, 0.15) is 31.8 Å². The fourth-order valence-electron chi connectivity index (χ4n) is 6.31. The van der Waals surface area contributed by atoms with Crippen molar-refractivity contribution in [2.24, 2.45) is 11.8 Å². The van der Waals surface area contributed by atoms with Gasteiger partial charge in [0.1, 0.15) is 0 Å². The van der Waals surface area contributed by atoms with Crippen LogP contribution in [0.5, 0.6) is 0 Å². The summed E-state index contributed by atoms with van der Waals surface area (Å²) in [6, 6.07) is 30.4. The molecule has 4 nitrogen and oxygen atoms in total. The lowest BCUT2D eigenvalue weighted by atomic mass is 9.85. The fourth-order valence-corrected chi connectivity index (χ4v) is 9.12. The van der Waals surface area contributed by atoms with Gasteiger partial charge in [-0.1, -0.05) is 121 Å². The van der Waals surface area contributed by atoms with Gasteiger partial charge in [-0.25, -0.2) is 20.8 Å². The molecule has 44 heavy (non-hydrogen) atoms. The molecule has 8 rings (SSSR count). The highest BCUT2D eigenvalue weighted by atomic mass is 32.2. The Labute approximate surface area is 258 Å². The Bertz CT molecular complexity index is 2080. The zero-order valence-electron chi connectivity index (χ0n) is 23.3. The zero-order valence-corrected chi connectivity index (χ0v) is 24.9. The van der Waals surface area contributed by atoms with Crippen LogP contribution in [-0.2, 0) is 29.2 Å². The molecule has 4 aliphatic rings. The van der Waals surface area contributed by atoms with Gasteiger partial charge in [-0.15, -0.1) is 19.5 Å². The van der Waals surface area contributed by atoms with Crippen molar-refractivity contribution in [2.75, 3.05) is 0 Å². The maximum Gasteiger partial charge on any atom is 0.170 e. The Balaban J connectivity index is 1.17. The van der Waals surface area contributed by atoms with Crippen LogP contribution in [-0.4, -0.2) is 21.3 Å². The molecule has 0 radical (unpaired) electrons. The number of ketones is 2. The van der Waals surface area contributed by atoms with Crippen LogP contribution in [0, 0.1) is 11.8 Å². The predicted octanol–water partition coefficient (Wildman–Crippen LogP) is 7.28. The SMILES string of the molecule is O=C1c2cc(-c3ccc4c(c3)C(=O)C3C=C(c5ccccc5)C=CC3=[S-]4=O)ccc2[S-](=O)=C2C=CC(c3ccccc3)=CC12. The van der Waals surface area contributed by atoms with Crippen LogP contribution in [0.15, 0.2) is 143 Å². The second-order valence-corrected chi connectivity index (χ2v) is 14.0. The van der Waals surface area contributed by atoms with Crippen molar-refractivity contribution < 1.29 is 18.0 Å². The summed E-state index contributed by atoms with van der Waals surface area (Å²) >= 11 is 0. The second kappa shape index (κ2) is 10.4. The summed E-state index contributed by atoms with van der Waals surface area (Å²) < 4.78 is 27.1. The van der Waals surface area contributed by atoms with Gasteiger partial charge < -0.3 is 8.42 Å². The average molecular weight is 609 g/mol. The summed E-state index contributed by atoms with van der Waals surface area (Å²) in [4.78, 5) is 29.9. The number of hydrogen-bond acceptors (Lipinski definition) is 6. The van der Waals surface area contributed by atoms with Crippen LogP contribution in [0.4, 0.5) is 0 Å².